The first kappa shape index (κ1) is 17.5. The van der Waals surface area contributed by atoms with Crippen molar-refractivity contribution >= 4 is 27.2 Å². The Kier molecular flexibility index (Phi) is 5.43. The topological polar surface area (TPSA) is 66.5 Å². The second-order valence-corrected chi connectivity index (χ2v) is 8.55. The molecule has 0 saturated heterocycles. The second kappa shape index (κ2) is 7.14. The molecule has 0 bridgehead atoms. The molecule has 0 radical (unpaired) electrons. The van der Waals surface area contributed by atoms with Gasteiger partial charge in [0.25, 0.3) is 0 Å². The lowest BCUT2D eigenvalue weighted by molar-refractivity contribution is 0.217. The second-order valence-electron chi connectivity index (χ2n) is 5.44. The Morgan fingerprint density at radius 2 is 1.87 bits per heavy atom. The van der Waals surface area contributed by atoms with E-state index in [2.05, 4.69) is 5.32 Å². The number of thiophene rings is 1. The van der Waals surface area contributed by atoms with Gasteiger partial charge in [-0.1, -0.05) is 23.8 Å². The third-order valence-corrected chi connectivity index (χ3v) is 6.66. The highest BCUT2D eigenvalue weighted by molar-refractivity contribution is 7.91. The number of hydrogen-bond acceptors (Lipinski definition) is 4. The van der Waals surface area contributed by atoms with Gasteiger partial charge in [-0.2, -0.15) is 0 Å². The molecule has 23 heavy (non-hydrogen) atoms. The molecule has 0 spiro atoms. The van der Waals surface area contributed by atoms with Crippen molar-refractivity contribution < 1.29 is 13.2 Å². The molecule has 0 saturated carbocycles. The number of urea groups is 1. The van der Waals surface area contributed by atoms with E-state index < -0.39 is 15.1 Å². The van der Waals surface area contributed by atoms with E-state index in [1.807, 2.05) is 18.4 Å². The number of amides is 2. The zero-order chi connectivity index (χ0) is 17.0. The molecular weight excluding hydrogens is 332 g/mol. The number of nitrogens with one attached hydrogen (secondary N) is 1. The Morgan fingerprint density at radius 3 is 2.39 bits per heavy atom. The molecule has 1 aromatic heterocycles. The molecule has 5 nitrogen and oxygen atoms in total. The zero-order valence-electron chi connectivity index (χ0n) is 13.3. The highest BCUT2D eigenvalue weighted by Crippen LogP contribution is 2.31. The first-order valence-electron chi connectivity index (χ1n) is 7.11. The summed E-state index contributed by atoms with van der Waals surface area (Å²) < 4.78 is 25.9. The van der Waals surface area contributed by atoms with E-state index in [9.17, 15) is 13.2 Å². The van der Waals surface area contributed by atoms with Crippen molar-refractivity contribution in [3.05, 3.63) is 52.2 Å². The first-order chi connectivity index (χ1) is 10.8. The van der Waals surface area contributed by atoms with Crippen molar-refractivity contribution in [3.63, 3.8) is 0 Å². The van der Waals surface area contributed by atoms with Crippen molar-refractivity contribution in [2.24, 2.45) is 0 Å². The van der Waals surface area contributed by atoms with Crippen LogP contribution >= 0.6 is 11.3 Å². The maximum Gasteiger partial charge on any atom is 0.316 e. The fraction of sp³-hybridized carbons (Fsp3) is 0.312. The van der Waals surface area contributed by atoms with Gasteiger partial charge in [0, 0.05) is 25.5 Å². The number of rotatable bonds is 5. The first-order valence-corrected chi connectivity index (χ1v) is 9.54. The van der Waals surface area contributed by atoms with Crippen LogP contribution in [0.4, 0.5) is 4.79 Å². The van der Waals surface area contributed by atoms with Gasteiger partial charge in [-0.05, 0) is 30.5 Å². The number of sulfone groups is 1. The van der Waals surface area contributed by atoms with Crippen LogP contribution in [0.15, 0.2) is 46.7 Å². The average molecular weight is 352 g/mol. The molecule has 1 atom stereocenters. The Hall–Kier alpha value is -1.86. The number of benzene rings is 1. The van der Waals surface area contributed by atoms with Gasteiger partial charge in [-0.15, -0.1) is 11.3 Å². The molecule has 1 N–H and O–H groups in total. The standard InChI is InChI=1S/C16H20N2O3S2/c1-12-6-8-13(9-7-12)23(20,21)15(14-5-4-10-22-14)11-17-16(19)18(2)3/h4-10,15H,11H2,1-3H3,(H,17,19). The zero-order valence-corrected chi connectivity index (χ0v) is 14.9. The third-order valence-electron chi connectivity index (χ3n) is 3.43. The predicted octanol–water partition coefficient (Wildman–Crippen LogP) is 2.84. The Morgan fingerprint density at radius 1 is 1.22 bits per heavy atom. The number of carbonyl (C=O) groups excluding carboxylic acids is 1. The van der Waals surface area contributed by atoms with E-state index in [1.54, 1.807) is 44.4 Å². The number of carbonyl (C=O) groups is 1. The van der Waals surface area contributed by atoms with Crippen molar-refractivity contribution in [3.8, 4) is 0 Å². The van der Waals surface area contributed by atoms with Crippen molar-refractivity contribution in [2.75, 3.05) is 20.6 Å². The van der Waals surface area contributed by atoms with Gasteiger partial charge in [0.15, 0.2) is 9.84 Å². The molecule has 2 aromatic rings. The Labute approximate surface area is 140 Å². The van der Waals surface area contributed by atoms with Crippen molar-refractivity contribution in [1.82, 2.24) is 10.2 Å². The Balaban J connectivity index is 2.33. The monoisotopic (exact) mass is 352 g/mol. The summed E-state index contributed by atoms with van der Waals surface area (Å²) >= 11 is 1.37. The lowest BCUT2D eigenvalue weighted by Gasteiger charge is -2.19. The molecule has 2 amide bonds. The van der Waals surface area contributed by atoms with Gasteiger partial charge in [0.1, 0.15) is 5.25 Å². The molecule has 2 rings (SSSR count). The Bertz CT molecular complexity index is 751. The van der Waals surface area contributed by atoms with Gasteiger partial charge in [0.2, 0.25) is 0 Å². The molecule has 1 aromatic carbocycles. The summed E-state index contributed by atoms with van der Waals surface area (Å²) in [5.41, 5.74) is 0.998. The summed E-state index contributed by atoms with van der Waals surface area (Å²) in [6.45, 7) is 1.94. The van der Waals surface area contributed by atoms with E-state index in [1.165, 1.54) is 16.2 Å². The molecule has 1 unspecified atom stereocenters. The van der Waals surface area contributed by atoms with Crippen LogP contribution in [0, 0.1) is 6.92 Å². The van der Waals surface area contributed by atoms with Crippen molar-refractivity contribution in [1.29, 1.82) is 0 Å². The van der Waals surface area contributed by atoms with Crippen LogP contribution in [0.2, 0.25) is 0 Å². The molecule has 0 fully saturated rings. The van der Waals surface area contributed by atoms with Crippen LogP contribution < -0.4 is 5.32 Å². The van der Waals surface area contributed by atoms with E-state index >= 15 is 0 Å². The van der Waals surface area contributed by atoms with E-state index in [0.717, 1.165) is 5.56 Å². The third kappa shape index (κ3) is 4.11. The maximum absolute atomic E-state index is 13.0. The van der Waals surface area contributed by atoms with Gasteiger partial charge in [0.05, 0.1) is 4.90 Å². The predicted molar refractivity (Wildman–Crippen MR) is 92.5 cm³/mol. The van der Waals surface area contributed by atoms with Gasteiger partial charge >= 0.3 is 6.03 Å². The van der Waals surface area contributed by atoms with E-state index in [4.69, 9.17) is 0 Å². The smallest absolute Gasteiger partial charge is 0.316 e. The molecule has 0 aliphatic rings. The normalized spacial score (nSPS) is 12.7. The average Bonchev–Trinajstić information content (AvgIpc) is 3.01. The molecule has 7 heteroatoms. The minimum atomic E-state index is -3.58. The van der Waals surface area contributed by atoms with Crippen LogP contribution in [0.5, 0.6) is 0 Å². The summed E-state index contributed by atoms with van der Waals surface area (Å²) in [5, 5.41) is 3.71. The highest BCUT2D eigenvalue weighted by atomic mass is 32.2. The highest BCUT2D eigenvalue weighted by Gasteiger charge is 2.30. The quantitative estimate of drug-likeness (QED) is 0.900. The summed E-state index contributed by atoms with van der Waals surface area (Å²) in [5.74, 6) is 0. The molecule has 0 aliphatic heterocycles. The van der Waals surface area contributed by atoms with E-state index in [0.29, 0.717) is 4.88 Å². The summed E-state index contributed by atoms with van der Waals surface area (Å²) in [7, 11) is -0.355. The van der Waals surface area contributed by atoms with E-state index in [-0.39, 0.29) is 17.5 Å². The molecule has 1 heterocycles. The van der Waals surface area contributed by atoms with Crippen LogP contribution in [0.25, 0.3) is 0 Å². The van der Waals surface area contributed by atoms with Crippen LogP contribution in [0.1, 0.15) is 15.7 Å². The minimum Gasteiger partial charge on any atom is -0.336 e. The summed E-state index contributed by atoms with van der Waals surface area (Å²) in [6, 6.07) is 10.0. The van der Waals surface area contributed by atoms with Crippen LogP contribution in [-0.2, 0) is 9.84 Å². The van der Waals surface area contributed by atoms with Crippen LogP contribution in [0.3, 0.4) is 0 Å². The lowest BCUT2D eigenvalue weighted by Crippen LogP contribution is -2.38. The molecular formula is C16H20N2O3S2. The van der Waals surface area contributed by atoms with Gasteiger partial charge in [-0.3, -0.25) is 0 Å². The van der Waals surface area contributed by atoms with Crippen LogP contribution in [-0.4, -0.2) is 40.0 Å². The molecule has 124 valence electrons. The molecule has 0 aliphatic carbocycles. The minimum absolute atomic E-state index is 0.0355. The van der Waals surface area contributed by atoms with Gasteiger partial charge in [-0.25, -0.2) is 13.2 Å². The fourth-order valence-electron chi connectivity index (χ4n) is 2.07. The summed E-state index contributed by atoms with van der Waals surface area (Å²) in [4.78, 5) is 14.1. The largest absolute Gasteiger partial charge is 0.336 e. The number of hydrogen-bond donors (Lipinski definition) is 1. The maximum atomic E-state index is 13.0. The lowest BCUT2D eigenvalue weighted by atomic mass is 10.2. The SMILES string of the molecule is Cc1ccc(S(=O)(=O)C(CNC(=O)N(C)C)c2cccs2)cc1. The number of aryl methyl sites for hydroxylation is 1. The number of nitrogens with zero attached hydrogens (tertiary/aromatic N) is 1. The summed E-state index contributed by atoms with van der Waals surface area (Å²) in [6.07, 6.45) is 0. The van der Waals surface area contributed by atoms with Crippen molar-refractivity contribution in [2.45, 2.75) is 17.1 Å². The fourth-order valence-corrected chi connectivity index (χ4v) is 4.85. The van der Waals surface area contributed by atoms with Gasteiger partial charge < -0.3 is 10.2 Å².